The van der Waals surface area contributed by atoms with Gasteiger partial charge in [-0.1, -0.05) is 13.8 Å². The van der Waals surface area contributed by atoms with Gasteiger partial charge in [0.2, 0.25) is 11.8 Å². The second-order valence-corrected chi connectivity index (χ2v) is 7.09. The Hall–Kier alpha value is -2.03. The largest absolute Gasteiger partial charge is 0.379 e. The van der Waals surface area contributed by atoms with E-state index in [1.807, 2.05) is 13.8 Å². The van der Waals surface area contributed by atoms with E-state index in [1.165, 1.54) is 18.2 Å². The molecule has 2 rings (SSSR count). The van der Waals surface area contributed by atoms with Crippen LogP contribution in [-0.2, 0) is 14.3 Å². The number of hydrogen-bond acceptors (Lipinski definition) is 5. The topological polar surface area (TPSA) is 96.7 Å². The number of anilines is 2. The van der Waals surface area contributed by atoms with Crippen molar-refractivity contribution in [2.45, 2.75) is 33.1 Å². The van der Waals surface area contributed by atoms with Gasteiger partial charge in [-0.15, -0.1) is 0 Å². The van der Waals surface area contributed by atoms with E-state index in [-0.39, 0.29) is 30.5 Å². The number of nitrogens with two attached hydrogens (primary N) is 1. The average Bonchev–Trinajstić information content (AvgIpc) is 2.71. The summed E-state index contributed by atoms with van der Waals surface area (Å²) in [6, 6.07) is 4.14. The third-order valence-corrected chi connectivity index (χ3v) is 5.48. The highest BCUT2D eigenvalue weighted by Gasteiger charge is 2.33. The maximum absolute atomic E-state index is 14.1. The Kier molecular flexibility index (Phi) is 8.35. The smallest absolute Gasteiger partial charge is 0.231 e. The number of benzene rings is 1. The number of carbonyl (C=O) groups excluding carboxylic acids is 2. The summed E-state index contributed by atoms with van der Waals surface area (Å²) in [6.45, 7) is 7.58. The zero-order valence-electron chi connectivity index (χ0n) is 16.7. The summed E-state index contributed by atoms with van der Waals surface area (Å²) in [4.78, 5) is 27.0. The van der Waals surface area contributed by atoms with Crippen molar-refractivity contribution in [3.8, 4) is 0 Å². The number of halogens is 1. The zero-order chi connectivity index (χ0) is 20.6. The lowest BCUT2D eigenvalue weighted by Crippen LogP contribution is -2.41. The molecule has 1 saturated heterocycles. The first-order valence-electron chi connectivity index (χ1n) is 9.85. The van der Waals surface area contributed by atoms with Crippen LogP contribution in [0.1, 0.15) is 33.1 Å². The predicted molar refractivity (Wildman–Crippen MR) is 108 cm³/mol. The summed E-state index contributed by atoms with van der Waals surface area (Å²) in [6.07, 6.45) is 1.48. The van der Waals surface area contributed by atoms with Crippen molar-refractivity contribution < 1.29 is 18.7 Å². The number of carbonyl (C=O) groups is 2. The van der Waals surface area contributed by atoms with Gasteiger partial charge in [-0.25, -0.2) is 4.39 Å². The maximum atomic E-state index is 14.1. The van der Waals surface area contributed by atoms with E-state index in [0.717, 1.165) is 13.1 Å². The molecule has 0 bridgehead atoms. The molecule has 0 aromatic heterocycles. The number of ether oxygens (including phenoxy) is 1. The molecule has 0 atom stereocenters. The van der Waals surface area contributed by atoms with Gasteiger partial charge in [0.05, 0.1) is 24.3 Å². The molecule has 0 saturated carbocycles. The number of nitrogens with zero attached hydrogens (tertiary/aromatic N) is 1. The molecular weight excluding hydrogens is 363 g/mol. The second-order valence-electron chi connectivity index (χ2n) is 7.09. The predicted octanol–water partition coefficient (Wildman–Crippen LogP) is 2.19. The molecule has 0 radical (unpaired) electrons. The van der Waals surface area contributed by atoms with Crippen molar-refractivity contribution >= 4 is 23.2 Å². The van der Waals surface area contributed by atoms with Crippen molar-refractivity contribution in [1.29, 1.82) is 0 Å². The third kappa shape index (κ3) is 5.73. The minimum atomic E-state index is -0.657. The molecule has 1 aliphatic heterocycles. The Labute approximate surface area is 165 Å². The van der Waals surface area contributed by atoms with Gasteiger partial charge < -0.3 is 21.1 Å². The van der Waals surface area contributed by atoms with Crippen molar-refractivity contribution in [1.82, 2.24) is 4.90 Å². The molecule has 1 aromatic rings. The Morgan fingerprint density at radius 1 is 1.21 bits per heavy atom. The first-order chi connectivity index (χ1) is 13.4. The summed E-state index contributed by atoms with van der Waals surface area (Å²) < 4.78 is 19.4. The van der Waals surface area contributed by atoms with Crippen molar-refractivity contribution in [2.24, 2.45) is 11.1 Å². The molecule has 1 aromatic carbocycles. The van der Waals surface area contributed by atoms with Crippen LogP contribution in [-0.4, -0.2) is 56.1 Å². The first-order valence-corrected chi connectivity index (χ1v) is 9.85. The molecule has 1 aliphatic rings. The van der Waals surface area contributed by atoms with E-state index in [0.29, 0.717) is 38.3 Å². The summed E-state index contributed by atoms with van der Waals surface area (Å²) in [7, 11) is 0. The highest BCUT2D eigenvalue weighted by molar-refractivity contribution is 5.97. The van der Waals surface area contributed by atoms with Crippen molar-refractivity contribution in [2.75, 3.05) is 50.0 Å². The molecule has 0 aliphatic carbocycles. The number of amides is 2. The van der Waals surface area contributed by atoms with Crippen LogP contribution in [0.15, 0.2) is 18.2 Å². The number of rotatable bonds is 9. The molecule has 0 unspecified atom stereocenters. The van der Waals surface area contributed by atoms with Gasteiger partial charge in [0, 0.05) is 38.3 Å². The normalized spacial score (nSPS) is 15.3. The van der Waals surface area contributed by atoms with Crippen LogP contribution < -0.4 is 16.4 Å². The van der Waals surface area contributed by atoms with E-state index in [1.54, 1.807) is 0 Å². The summed E-state index contributed by atoms with van der Waals surface area (Å²) in [5, 5.41) is 5.40. The summed E-state index contributed by atoms with van der Waals surface area (Å²) in [5.41, 5.74) is 5.63. The van der Waals surface area contributed by atoms with Crippen LogP contribution in [0.2, 0.25) is 0 Å². The van der Waals surface area contributed by atoms with Crippen molar-refractivity contribution in [3.05, 3.63) is 24.0 Å². The average molecular weight is 394 g/mol. The highest BCUT2D eigenvalue weighted by atomic mass is 19.1. The Balaban J connectivity index is 1.98. The summed E-state index contributed by atoms with van der Waals surface area (Å²) >= 11 is 0. The van der Waals surface area contributed by atoms with Crippen LogP contribution in [0.3, 0.4) is 0 Å². The van der Waals surface area contributed by atoms with Crippen LogP contribution in [0.25, 0.3) is 0 Å². The number of hydrogen-bond donors (Lipinski definition) is 3. The monoisotopic (exact) mass is 394 g/mol. The van der Waals surface area contributed by atoms with E-state index >= 15 is 0 Å². The first kappa shape index (κ1) is 22.3. The fourth-order valence-electron chi connectivity index (χ4n) is 3.21. The van der Waals surface area contributed by atoms with Gasteiger partial charge in [-0.05, 0) is 31.0 Å². The van der Waals surface area contributed by atoms with Crippen LogP contribution >= 0.6 is 0 Å². The lowest BCUT2D eigenvalue weighted by molar-refractivity contribution is -0.125. The second kappa shape index (κ2) is 10.5. The zero-order valence-corrected chi connectivity index (χ0v) is 16.7. The molecule has 156 valence electrons. The SMILES string of the molecule is CCC(CC)(CN)C(=O)Nc1ccc(F)c(NC(=O)CCN2CCOCC2)c1. The molecule has 1 fully saturated rings. The van der Waals surface area contributed by atoms with Crippen molar-refractivity contribution in [3.63, 3.8) is 0 Å². The number of nitrogens with one attached hydrogen (secondary N) is 2. The Morgan fingerprint density at radius 3 is 2.50 bits per heavy atom. The van der Waals surface area contributed by atoms with Crippen LogP contribution in [0.4, 0.5) is 15.8 Å². The molecule has 2 amide bonds. The number of morpholine rings is 1. The van der Waals surface area contributed by atoms with Gasteiger partial charge in [0.15, 0.2) is 0 Å². The van der Waals surface area contributed by atoms with Crippen LogP contribution in [0, 0.1) is 11.2 Å². The van der Waals surface area contributed by atoms with Gasteiger partial charge in [0.1, 0.15) is 5.82 Å². The molecule has 0 spiro atoms. The Bertz CT molecular complexity index is 665. The molecule has 1 heterocycles. The fourth-order valence-corrected chi connectivity index (χ4v) is 3.21. The standard InChI is InChI=1S/C20H31FN4O3/c1-3-20(4-2,14-22)19(27)23-15-5-6-16(21)17(13-15)24-18(26)7-8-25-9-11-28-12-10-25/h5-6,13H,3-4,7-12,14,22H2,1-2H3,(H,23,27)(H,24,26). The van der Waals surface area contributed by atoms with E-state index in [4.69, 9.17) is 10.5 Å². The maximum Gasteiger partial charge on any atom is 0.231 e. The summed E-state index contributed by atoms with van der Waals surface area (Å²) in [5.74, 6) is -1.02. The molecule has 7 nitrogen and oxygen atoms in total. The molecule has 28 heavy (non-hydrogen) atoms. The van der Waals surface area contributed by atoms with Gasteiger partial charge in [-0.3, -0.25) is 14.5 Å². The molecule has 8 heteroatoms. The van der Waals surface area contributed by atoms with Gasteiger partial charge >= 0.3 is 0 Å². The highest BCUT2D eigenvalue weighted by Crippen LogP contribution is 2.28. The quantitative estimate of drug-likeness (QED) is 0.597. The fraction of sp³-hybridized carbons (Fsp3) is 0.600. The van der Waals surface area contributed by atoms with E-state index in [2.05, 4.69) is 15.5 Å². The lowest BCUT2D eigenvalue weighted by Gasteiger charge is -2.28. The van der Waals surface area contributed by atoms with E-state index < -0.39 is 11.2 Å². The molecular formula is C20H31FN4O3. The van der Waals surface area contributed by atoms with E-state index in [9.17, 15) is 14.0 Å². The minimum Gasteiger partial charge on any atom is -0.379 e. The lowest BCUT2D eigenvalue weighted by atomic mass is 9.81. The third-order valence-electron chi connectivity index (χ3n) is 5.48. The van der Waals surface area contributed by atoms with Crippen LogP contribution in [0.5, 0.6) is 0 Å². The Morgan fingerprint density at radius 2 is 1.89 bits per heavy atom. The molecule has 4 N–H and O–H groups in total. The minimum absolute atomic E-state index is 0.0520. The van der Waals surface area contributed by atoms with Gasteiger partial charge in [0.25, 0.3) is 0 Å². The van der Waals surface area contributed by atoms with Gasteiger partial charge in [-0.2, -0.15) is 0 Å².